The number of piperidine rings is 1. The van der Waals surface area contributed by atoms with Crippen molar-refractivity contribution in [3.8, 4) is 0 Å². The van der Waals surface area contributed by atoms with Crippen LogP contribution >= 0.6 is 11.6 Å². The van der Waals surface area contributed by atoms with Crippen LogP contribution in [0.15, 0.2) is 41.5 Å². The van der Waals surface area contributed by atoms with Gasteiger partial charge in [0.05, 0.1) is 17.9 Å². The number of carbonyl (C=O) groups is 1. The molecule has 198 valence electrons. The molecule has 2 aromatic heterocycles. The first-order valence-corrected chi connectivity index (χ1v) is 13.9. The molecular formula is C29H32ClN5O3. The van der Waals surface area contributed by atoms with Gasteiger partial charge in [-0.15, -0.1) is 0 Å². The van der Waals surface area contributed by atoms with Gasteiger partial charge >= 0.3 is 5.97 Å². The van der Waals surface area contributed by atoms with E-state index in [1.807, 2.05) is 18.3 Å². The molecule has 1 aliphatic carbocycles. The van der Waals surface area contributed by atoms with E-state index in [-0.39, 0.29) is 16.9 Å². The highest BCUT2D eigenvalue weighted by Gasteiger charge is 2.47. The number of carbonyl (C=O) groups excluding carboxylic acids is 1. The fraction of sp³-hybridized carbons (Fsp3) is 0.448. The van der Waals surface area contributed by atoms with Crippen LogP contribution in [-0.4, -0.2) is 47.2 Å². The Labute approximate surface area is 227 Å². The maximum absolute atomic E-state index is 12.7. The number of esters is 1. The molecule has 9 heteroatoms. The number of halogens is 1. The Morgan fingerprint density at radius 1 is 1.21 bits per heavy atom. The Morgan fingerprint density at radius 2 is 2.03 bits per heavy atom. The topological polar surface area (TPSA) is 91.4 Å². The standard InChI is InChI=1S/C29H32ClN5O3/c1-2-38-27(37)20-14-22(30)25-24(15-20)35(17-19-6-5-11-31-16-19)18-29(25)9-12-34(13-10-29)28-32-23-8-4-3-7-21(23)26(36)33-28/h5-6,11,14-16H,2-4,7-10,12-13,17-18H2,1H3,(H,32,33,36). The van der Waals surface area contributed by atoms with Crippen molar-refractivity contribution in [2.24, 2.45) is 0 Å². The third-order valence-electron chi connectivity index (χ3n) is 8.24. The molecule has 1 N–H and O–H groups in total. The van der Waals surface area contributed by atoms with Gasteiger partial charge in [0, 0.05) is 65.8 Å². The van der Waals surface area contributed by atoms with Crippen LogP contribution in [0.2, 0.25) is 5.02 Å². The first kappa shape index (κ1) is 24.9. The van der Waals surface area contributed by atoms with Crippen molar-refractivity contribution >= 4 is 29.2 Å². The second kappa shape index (κ2) is 10.1. The van der Waals surface area contributed by atoms with Crippen LogP contribution in [0.4, 0.5) is 11.6 Å². The summed E-state index contributed by atoms with van der Waals surface area (Å²) in [5, 5.41) is 0.605. The number of aryl methyl sites for hydroxylation is 1. The summed E-state index contributed by atoms with van der Waals surface area (Å²) in [6.45, 7) is 5.11. The highest BCUT2D eigenvalue weighted by atomic mass is 35.5. The summed E-state index contributed by atoms with van der Waals surface area (Å²) >= 11 is 6.94. The SMILES string of the molecule is CCOC(=O)c1cc(Cl)c2c(c1)N(Cc1cccnc1)CC21CCN(c2nc3c(c(=O)[nH]2)CCCC3)CC1. The molecule has 1 fully saturated rings. The number of benzene rings is 1. The van der Waals surface area contributed by atoms with Crippen molar-refractivity contribution in [2.45, 2.75) is 57.4 Å². The highest BCUT2D eigenvalue weighted by molar-refractivity contribution is 6.32. The summed E-state index contributed by atoms with van der Waals surface area (Å²) in [5.74, 6) is 0.316. The van der Waals surface area contributed by atoms with E-state index >= 15 is 0 Å². The van der Waals surface area contributed by atoms with E-state index < -0.39 is 0 Å². The van der Waals surface area contributed by atoms with Crippen LogP contribution in [0.5, 0.6) is 0 Å². The van der Waals surface area contributed by atoms with Gasteiger partial charge in [0.15, 0.2) is 0 Å². The molecule has 0 atom stereocenters. The zero-order valence-electron chi connectivity index (χ0n) is 21.6. The maximum atomic E-state index is 12.7. The lowest BCUT2D eigenvalue weighted by atomic mass is 9.74. The Balaban J connectivity index is 1.31. The summed E-state index contributed by atoms with van der Waals surface area (Å²) in [6.07, 6.45) is 9.20. The third kappa shape index (κ3) is 4.45. The smallest absolute Gasteiger partial charge is 0.338 e. The highest BCUT2D eigenvalue weighted by Crippen LogP contribution is 2.51. The van der Waals surface area contributed by atoms with E-state index in [1.54, 1.807) is 19.2 Å². The molecule has 2 aliphatic heterocycles. The predicted octanol–water partition coefficient (Wildman–Crippen LogP) is 4.43. The Hall–Kier alpha value is -3.39. The second-order valence-corrected chi connectivity index (χ2v) is 11.0. The van der Waals surface area contributed by atoms with E-state index in [0.717, 1.165) is 86.2 Å². The van der Waals surface area contributed by atoms with E-state index in [2.05, 4.69) is 25.8 Å². The lowest BCUT2D eigenvalue weighted by molar-refractivity contribution is 0.0526. The zero-order valence-corrected chi connectivity index (χ0v) is 22.4. The Kier molecular flexibility index (Phi) is 6.60. The van der Waals surface area contributed by atoms with Crippen molar-refractivity contribution in [2.75, 3.05) is 36.0 Å². The molecule has 0 unspecified atom stereocenters. The van der Waals surface area contributed by atoms with Gasteiger partial charge in [-0.3, -0.25) is 14.8 Å². The number of fused-ring (bicyclic) bond motifs is 3. The minimum Gasteiger partial charge on any atom is -0.462 e. The Bertz CT molecular complexity index is 1420. The summed E-state index contributed by atoms with van der Waals surface area (Å²) in [6, 6.07) is 7.69. The van der Waals surface area contributed by atoms with Gasteiger partial charge < -0.3 is 14.5 Å². The van der Waals surface area contributed by atoms with Crippen LogP contribution in [0.3, 0.4) is 0 Å². The average Bonchev–Trinajstić information content (AvgIpc) is 3.22. The normalized spacial score (nSPS) is 17.8. The minimum absolute atomic E-state index is 0.00776. The molecule has 1 saturated heterocycles. The lowest BCUT2D eigenvalue weighted by Crippen LogP contribution is -2.46. The monoisotopic (exact) mass is 533 g/mol. The number of aromatic amines is 1. The molecule has 4 heterocycles. The molecule has 0 amide bonds. The molecule has 8 nitrogen and oxygen atoms in total. The number of aromatic nitrogens is 3. The van der Waals surface area contributed by atoms with Crippen LogP contribution in [0.25, 0.3) is 0 Å². The number of pyridine rings is 1. The molecule has 3 aliphatic rings. The maximum Gasteiger partial charge on any atom is 0.338 e. The van der Waals surface area contributed by atoms with Crippen LogP contribution < -0.4 is 15.4 Å². The number of anilines is 2. The molecule has 3 aromatic rings. The van der Waals surface area contributed by atoms with Gasteiger partial charge in [0.1, 0.15) is 0 Å². The first-order valence-electron chi connectivity index (χ1n) is 13.5. The van der Waals surface area contributed by atoms with Crippen molar-refractivity contribution in [3.63, 3.8) is 0 Å². The Morgan fingerprint density at radius 3 is 2.79 bits per heavy atom. The number of nitrogens with one attached hydrogen (secondary N) is 1. The first-order chi connectivity index (χ1) is 18.5. The minimum atomic E-state index is -0.364. The van der Waals surface area contributed by atoms with E-state index in [1.165, 1.54) is 0 Å². The number of H-pyrrole nitrogens is 1. The third-order valence-corrected chi connectivity index (χ3v) is 8.54. The van der Waals surface area contributed by atoms with Gasteiger partial charge in [-0.1, -0.05) is 17.7 Å². The van der Waals surface area contributed by atoms with Gasteiger partial charge in [-0.25, -0.2) is 9.78 Å². The predicted molar refractivity (Wildman–Crippen MR) is 147 cm³/mol. The molecular weight excluding hydrogens is 502 g/mol. The fourth-order valence-corrected chi connectivity index (χ4v) is 6.79. The van der Waals surface area contributed by atoms with Crippen molar-refractivity contribution < 1.29 is 9.53 Å². The largest absolute Gasteiger partial charge is 0.462 e. The van der Waals surface area contributed by atoms with Gasteiger partial charge in [-0.05, 0) is 69.2 Å². The lowest BCUT2D eigenvalue weighted by Gasteiger charge is -2.40. The number of ether oxygens (including phenoxy) is 1. The molecule has 0 bridgehead atoms. The second-order valence-electron chi connectivity index (χ2n) is 10.6. The van der Waals surface area contributed by atoms with Gasteiger partial charge in [0.2, 0.25) is 5.95 Å². The van der Waals surface area contributed by atoms with Crippen molar-refractivity contribution in [1.82, 2.24) is 15.0 Å². The van der Waals surface area contributed by atoms with E-state index in [9.17, 15) is 9.59 Å². The summed E-state index contributed by atoms with van der Waals surface area (Å²) in [5.41, 5.74) is 5.31. The number of rotatable bonds is 5. The molecule has 0 radical (unpaired) electrons. The van der Waals surface area contributed by atoms with Crippen LogP contribution in [0, 0.1) is 0 Å². The van der Waals surface area contributed by atoms with E-state index in [4.69, 9.17) is 21.3 Å². The van der Waals surface area contributed by atoms with Crippen LogP contribution in [-0.2, 0) is 29.5 Å². The van der Waals surface area contributed by atoms with Gasteiger partial charge in [-0.2, -0.15) is 0 Å². The molecule has 6 rings (SSSR count). The molecule has 0 saturated carbocycles. The number of hydrogen-bond acceptors (Lipinski definition) is 7. The number of nitrogens with zero attached hydrogens (tertiary/aromatic N) is 4. The summed E-state index contributed by atoms with van der Waals surface area (Å²) < 4.78 is 5.28. The van der Waals surface area contributed by atoms with Crippen molar-refractivity contribution in [1.29, 1.82) is 0 Å². The summed E-state index contributed by atoms with van der Waals surface area (Å²) in [7, 11) is 0. The van der Waals surface area contributed by atoms with Gasteiger partial charge in [0.25, 0.3) is 5.56 Å². The molecule has 38 heavy (non-hydrogen) atoms. The molecule has 1 spiro atoms. The number of hydrogen-bond donors (Lipinski definition) is 1. The van der Waals surface area contributed by atoms with Crippen molar-refractivity contribution in [3.05, 3.63) is 80.0 Å². The van der Waals surface area contributed by atoms with Crippen LogP contribution in [0.1, 0.15) is 65.3 Å². The average molecular weight is 534 g/mol. The van der Waals surface area contributed by atoms with E-state index in [0.29, 0.717) is 29.7 Å². The zero-order chi connectivity index (χ0) is 26.3. The summed E-state index contributed by atoms with van der Waals surface area (Å²) in [4.78, 5) is 42.1. The molecule has 1 aromatic carbocycles. The quantitative estimate of drug-likeness (QED) is 0.485. The fourth-order valence-electron chi connectivity index (χ4n) is 6.38.